The molecular formula is C14H14BrClN2. The van der Waals surface area contributed by atoms with Gasteiger partial charge in [-0.3, -0.25) is 0 Å². The van der Waals surface area contributed by atoms with Gasteiger partial charge in [-0.1, -0.05) is 39.7 Å². The minimum absolute atomic E-state index is 0.553. The Labute approximate surface area is 121 Å². The highest BCUT2D eigenvalue weighted by Crippen LogP contribution is 2.21. The van der Waals surface area contributed by atoms with E-state index >= 15 is 0 Å². The Balaban J connectivity index is 2.09. The molecule has 0 unspecified atom stereocenters. The lowest BCUT2D eigenvalue weighted by Gasteiger charge is -2.09. The number of pyridine rings is 1. The van der Waals surface area contributed by atoms with Crippen molar-refractivity contribution >= 4 is 33.2 Å². The lowest BCUT2D eigenvalue weighted by molar-refractivity contribution is 1.12. The molecule has 0 radical (unpaired) electrons. The van der Waals surface area contributed by atoms with Crippen LogP contribution < -0.4 is 5.32 Å². The molecular weight excluding hydrogens is 312 g/mol. The molecule has 0 aliphatic carbocycles. The number of aromatic nitrogens is 1. The van der Waals surface area contributed by atoms with Crippen molar-refractivity contribution in [3.05, 3.63) is 56.8 Å². The number of anilines is 1. The molecule has 0 aliphatic rings. The van der Waals surface area contributed by atoms with Crippen LogP contribution in [0, 0.1) is 13.8 Å². The standard InChI is InChI=1S/C14H14BrClN2/c1-9-3-4-11(13(15)5-9)7-17-12-6-10(2)14(16)18-8-12/h3-6,8,17H,7H2,1-2H3. The fourth-order valence-corrected chi connectivity index (χ4v) is 2.38. The van der Waals surface area contributed by atoms with Gasteiger partial charge in [0.15, 0.2) is 0 Å². The van der Waals surface area contributed by atoms with Crippen LogP contribution in [0.4, 0.5) is 5.69 Å². The molecule has 1 aromatic heterocycles. The van der Waals surface area contributed by atoms with E-state index < -0.39 is 0 Å². The maximum absolute atomic E-state index is 5.89. The number of benzene rings is 1. The van der Waals surface area contributed by atoms with Crippen molar-refractivity contribution in [2.24, 2.45) is 0 Å². The molecule has 0 fully saturated rings. The first-order valence-corrected chi connectivity index (χ1v) is 6.84. The minimum atomic E-state index is 0.553. The third-order valence-corrected chi connectivity index (χ3v) is 3.84. The zero-order valence-electron chi connectivity index (χ0n) is 10.3. The molecule has 0 saturated heterocycles. The Hall–Kier alpha value is -1.06. The van der Waals surface area contributed by atoms with Gasteiger partial charge >= 0.3 is 0 Å². The van der Waals surface area contributed by atoms with Crippen LogP contribution in [0.15, 0.2) is 34.9 Å². The van der Waals surface area contributed by atoms with Crippen LogP contribution in [0.2, 0.25) is 5.15 Å². The molecule has 1 aromatic carbocycles. The Bertz CT molecular complexity index is 570. The first-order chi connectivity index (χ1) is 8.56. The van der Waals surface area contributed by atoms with Crippen LogP contribution in [-0.4, -0.2) is 4.98 Å². The van der Waals surface area contributed by atoms with Gasteiger partial charge in [0, 0.05) is 11.0 Å². The second kappa shape index (κ2) is 5.72. The van der Waals surface area contributed by atoms with Crippen LogP contribution in [0.5, 0.6) is 0 Å². The van der Waals surface area contributed by atoms with E-state index in [-0.39, 0.29) is 0 Å². The molecule has 0 aliphatic heterocycles. The molecule has 1 N–H and O–H groups in total. The molecule has 0 bridgehead atoms. The summed E-state index contributed by atoms with van der Waals surface area (Å²) in [5.74, 6) is 0. The lowest BCUT2D eigenvalue weighted by atomic mass is 10.1. The molecule has 2 rings (SSSR count). The number of hydrogen-bond donors (Lipinski definition) is 1. The van der Waals surface area contributed by atoms with Gasteiger partial charge in [0.1, 0.15) is 5.15 Å². The summed E-state index contributed by atoms with van der Waals surface area (Å²) in [5, 5.41) is 3.89. The molecule has 0 saturated carbocycles. The summed E-state index contributed by atoms with van der Waals surface area (Å²) < 4.78 is 1.12. The van der Waals surface area contributed by atoms with Gasteiger partial charge in [0.2, 0.25) is 0 Å². The Morgan fingerprint density at radius 2 is 2.06 bits per heavy atom. The van der Waals surface area contributed by atoms with Gasteiger partial charge in [-0.2, -0.15) is 0 Å². The van der Waals surface area contributed by atoms with E-state index in [9.17, 15) is 0 Å². The number of nitrogens with one attached hydrogen (secondary N) is 1. The van der Waals surface area contributed by atoms with Gasteiger partial charge in [-0.05, 0) is 42.7 Å². The Morgan fingerprint density at radius 3 is 2.72 bits per heavy atom. The van der Waals surface area contributed by atoms with Crippen molar-refractivity contribution in [2.45, 2.75) is 20.4 Å². The minimum Gasteiger partial charge on any atom is -0.380 e. The van der Waals surface area contributed by atoms with E-state index in [4.69, 9.17) is 11.6 Å². The highest BCUT2D eigenvalue weighted by Gasteiger charge is 2.02. The molecule has 0 spiro atoms. The van der Waals surface area contributed by atoms with Crippen LogP contribution in [0.25, 0.3) is 0 Å². The normalized spacial score (nSPS) is 10.4. The Morgan fingerprint density at radius 1 is 1.28 bits per heavy atom. The van der Waals surface area contributed by atoms with E-state index in [1.54, 1.807) is 6.20 Å². The monoisotopic (exact) mass is 324 g/mol. The molecule has 2 nitrogen and oxygen atoms in total. The summed E-state index contributed by atoms with van der Waals surface area (Å²) in [5.41, 5.74) is 4.41. The third kappa shape index (κ3) is 3.24. The topological polar surface area (TPSA) is 24.9 Å². The molecule has 94 valence electrons. The van der Waals surface area contributed by atoms with E-state index in [0.717, 1.165) is 22.3 Å². The predicted molar refractivity (Wildman–Crippen MR) is 80.2 cm³/mol. The summed E-state index contributed by atoms with van der Waals surface area (Å²) in [6, 6.07) is 8.33. The maximum Gasteiger partial charge on any atom is 0.132 e. The highest BCUT2D eigenvalue weighted by molar-refractivity contribution is 9.10. The van der Waals surface area contributed by atoms with Crippen molar-refractivity contribution in [2.75, 3.05) is 5.32 Å². The van der Waals surface area contributed by atoms with Gasteiger partial charge in [0.05, 0.1) is 11.9 Å². The smallest absolute Gasteiger partial charge is 0.132 e. The van der Waals surface area contributed by atoms with Crippen LogP contribution in [-0.2, 0) is 6.54 Å². The zero-order chi connectivity index (χ0) is 13.1. The fraction of sp³-hybridized carbons (Fsp3) is 0.214. The van der Waals surface area contributed by atoms with Gasteiger partial charge in [0.25, 0.3) is 0 Å². The highest BCUT2D eigenvalue weighted by atomic mass is 79.9. The van der Waals surface area contributed by atoms with E-state index in [1.807, 2.05) is 13.0 Å². The molecule has 0 amide bonds. The maximum atomic E-state index is 5.89. The second-order valence-electron chi connectivity index (χ2n) is 4.28. The van der Waals surface area contributed by atoms with Crippen molar-refractivity contribution < 1.29 is 0 Å². The molecule has 18 heavy (non-hydrogen) atoms. The van der Waals surface area contributed by atoms with Crippen molar-refractivity contribution in [3.8, 4) is 0 Å². The summed E-state index contributed by atoms with van der Waals surface area (Å²) in [6.45, 7) is 4.78. The molecule has 2 aromatic rings. The first-order valence-electron chi connectivity index (χ1n) is 5.67. The number of aryl methyl sites for hydroxylation is 2. The number of nitrogens with zero attached hydrogens (tertiary/aromatic N) is 1. The van der Waals surface area contributed by atoms with E-state index in [2.05, 4.69) is 51.4 Å². The van der Waals surface area contributed by atoms with Gasteiger partial charge < -0.3 is 5.32 Å². The summed E-state index contributed by atoms with van der Waals surface area (Å²) in [7, 11) is 0. The van der Waals surface area contributed by atoms with Crippen molar-refractivity contribution in [1.29, 1.82) is 0 Å². The van der Waals surface area contributed by atoms with Gasteiger partial charge in [-0.15, -0.1) is 0 Å². The van der Waals surface area contributed by atoms with Crippen molar-refractivity contribution in [3.63, 3.8) is 0 Å². The average molecular weight is 326 g/mol. The van der Waals surface area contributed by atoms with Crippen LogP contribution in [0.3, 0.4) is 0 Å². The summed E-state index contributed by atoms with van der Waals surface area (Å²) in [6.07, 6.45) is 1.75. The van der Waals surface area contributed by atoms with Crippen LogP contribution >= 0.6 is 27.5 Å². The molecule has 1 heterocycles. The average Bonchev–Trinajstić information content (AvgIpc) is 2.32. The zero-order valence-corrected chi connectivity index (χ0v) is 12.6. The lowest BCUT2D eigenvalue weighted by Crippen LogP contribution is -2.01. The molecule has 4 heteroatoms. The number of halogens is 2. The summed E-state index contributed by atoms with van der Waals surface area (Å²) >= 11 is 9.46. The SMILES string of the molecule is Cc1ccc(CNc2cnc(Cl)c(C)c2)c(Br)c1. The largest absolute Gasteiger partial charge is 0.380 e. The Kier molecular flexibility index (Phi) is 4.25. The van der Waals surface area contributed by atoms with Gasteiger partial charge in [-0.25, -0.2) is 4.98 Å². The third-order valence-electron chi connectivity index (χ3n) is 2.71. The second-order valence-corrected chi connectivity index (χ2v) is 5.49. The molecule has 0 atom stereocenters. The first kappa shape index (κ1) is 13.4. The van der Waals surface area contributed by atoms with Crippen LogP contribution in [0.1, 0.15) is 16.7 Å². The predicted octanol–water partition coefficient (Wildman–Crippen LogP) is 4.73. The quantitative estimate of drug-likeness (QED) is 0.825. The summed E-state index contributed by atoms with van der Waals surface area (Å²) in [4.78, 5) is 4.12. The van der Waals surface area contributed by atoms with E-state index in [1.165, 1.54) is 11.1 Å². The van der Waals surface area contributed by atoms with E-state index in [0.29, 0.717) is 5.15 Å². The fourth-order valence-electron chi connectivity index (χ4n) is 1.65. The number of rotatable bonds is 3. The van der Waals surface area contributed by atoms with Crippen molar-refractivity contribution in [1.82, 2.24) is 4.98 Å². The number of hydrogen-bond acceptors (Lipinski definition) is 2.